The van der Waals surface area contributed by atoms with Gasteiger partial charge in [-0.2, -0.15) is 0 Å². The molecule has 1 aliphatic rings. The highest BCUT2D eigenvalue weighted by Crippen LogP contribution is 2.29. The number of nitrogens with one attached hydrogen (secondary N) is 1. The Kier molecular flexibility index (Phi) is 9.54. The number of esters is 1. The summed E-state index contributed by atoms with van der Waals surface area (Å²) < 4.78 is 5.30. The van der Waals surface area contributed by atoms with Crippen molar-refractivity contribution in [3.63, 3.8) is 0 Å². The Labute approximate surface area is 239 Å². The second-order valence-corrected chi connectivity index (χ2v) is 10.6. The number of aromatic nitrogens is 2. The number of ether oxygens (including phenoxy) is 1. The monoisotopic (exact) mass is 560 g/mol. The van der Waals surface area contributed by atoms with E-state index in [1.54, 1.807) is 6.92 Å². The fourth-order valence-corrected chi connectivity index (χ4v) is 4.75. The Morgan fingerprint density at radius 1 is 1.00 bits per heavy atom. The van der Waals surface area contributed by atoms with Crippen LogP contribution in [0.3, 0.4) is 0 Å². The number of anilines is 1. The van der Waals surface area contributed by atoms with Gasteiger partial charge >= 0.3 is 11.9 Å². The maximum Gasteiger partial charge on any atom is 0.322 e. The van der Waals surface area contributed by atoms with Gasteiger partial charge in [-0.1, -0.05) is 50.2 Å². The second-order valence-electron chi connectivity index (χ2n) is 10.6. The predicted octanol–water partition coefficient (Wildman–Crippen LogP) is 4.13. The number of amides is 1. The van der Waals surface area contributed by atoms with Crippen molar-refractivity contribution in [1.29, 1.82) is 0 Å². The lowest BCUT2D eigenvalue weighted by molar-refractivity contribution is -0.148. The van der Waals surface area contributed by atoms with E-state index in [0.29, 0.717) is 18.2 Å². The second kappa shape index (κ2) is 13.3. The highest BCUT2D eigenvalue weighted by molar-refractivity contribution is 5.96. The summed E-state index contributed by atoms with van der Waals surface area (Å²) in [5.74, 6) is -1.81. The number of rotatable bonds is 10. The maximum absolute atomic E-state index is 12.3. The van der Waals surface area contributed by atoms with Crippen LogP contribution in [0.25, 0.3) is 11.1 Å². The van der Waals surface area contributed by atoms with Crippen molar-refractivity contribution in [2.75, 3.05) is 24.5 Å². The van der Waals surface area contributed by atoms with Gasteiger partial charge in [0.1, 0.15) is 19.0 Å². The number of aliphatic carboxylic acids is 1. The SMILES string of the molecule is Cc1nc(CC2CCN(c3ccc(-c4ccc(COC(=O)C(C)C)cc4)cc3)CC2)nc(C(=O)NCC(=O)O)c1O. The highest BCUT2D eigenvalue weighted by atomic mass is 16.5. The minimum absolute atomic E-state index is 0.142. The van der Waals surface area contributed by atoms with Crippen molar-refractivity contribution < 1.29 is 29.3 Å². The number of carbonyl (C=O) groups excluding carboxylic acids is 2. The van der Waals surface area contributed by atoms with Crippen LogP contribution in [0.5, 0.6) is 5.75 Å². The Morgan fingerprint density at radius 2 is 1.61 bits per heavy atom. The Hall–Kier alpha value is -4.47. The molecule has 4 rings (SSSR count). The molecule has 10 heteroatoms. The quantitative estimate of drug-likeness (QED) is 0.312. The molecule has 3 N–H and O–H groups in total. The van der Waals surface area contributed by atoms with E-state index >= 15 is 0 Å². The van der Waals surface area contributed by atoms with Crippen molar-refractivity contribution >= 4 is 23.5 Å². The molecule has 2 heterocycles. The molecule has 2 aromatic carbocycles. The number of carbonyl (C=O) groups is 3. The van der Waals surface area contributed by atoms with Gasteiger partial charge in [0.15, 0.2) is 11.4 Å². The molecule has 1 amide bonds. The first kappa shape index (κ1) is 29.5. The van der Waals surface area contributed by atoms with Crippen molar-refractivity contribution in [2.45, 2.75) is 46.6 Å². The largest absolute Gasteiger partial charge is 0.504 e. The lowest BCUT2D eigenvalue weighted by Gasteiger charge is -2.33. The molecule has 1 aliphatic heterocycles. The standard InChI is InChI=1S/C31H36N4O6/c1-19(2)31(40)41-18-22-4-6-23(7-5-22)24-8-10-25(11-9-24)35-14-12-21(13-15-35)16-26-33-20(3)29(38)28(34-26)30(39)32-17-27(36)37/h4-11,19,21,38H,12-18H2,1-3H3,(H,32,39)(H,36,37). The van der Waals surface area contributed by atoms with Crippen LogP contribution in [0.15, 0.2) is 48.5 Å². The minimum atomic E-state index is -1.18. The molecule has 3 aromatic rings. The molecule has 0 aliphatic carbocycles. The fourth-order valence-electron chi connectivity index (χ4n) is 4.75. The van der Waals surface area contributed by atoms with Gasteiger partial charge in [0.05, 0.1) is 11.6 Å². The molecule has 0 bridgehead atoms. The van der Waals surface area contributed by atoms with E-state index in [1.807, 2.05) is 38.1 Å². The lowest BCUT2D eigenvalue weighted by atomic mass is 9.92. The molecular weight excluding hydrogens is 524 g/mol. The van der Waals surface area contributed by atoms with E-state index in [2.05, 4.69) is 44.5 Å². The third-order valence-electron chi connectivity index (χ3n) is 7.18. The van der Waals surface area contributed by atoms with Crippen molar-refractivity contribution in [3.05, 3.63) is 71.3 Å². The maximum atomic E-state index is 12.3. The molecule has 41 heavy (non-hydrogen) atoms. The molecule has 0 radical (unpaired) electrons. The van der Waals surface area contributed by atoms with Gasteiger partial charge in [-0.15, -0.1) is 0 Å². The van der Waals surface area contributed by atoms with Crippen LogP contribution < -0.4 is 10.2 Å². The van der Waals surface area contributed by atoms with E-state index < -0.39 is 18.4 Å². The Morgan fingerprint density at radius 3 is 2.20 bits per heavy atom. The normalized spacial score (nSPS) is 13.7. The van der Waals surface area contributed by atoms with Gasteiger partial charge in [0.2, 0.25) is 0 Å². The number of hydrogen-bond acceptors (Lipinski definition) is 8. The minimum Gasteiger partial charge on any atom is -0.504 e. The first-order valence-electron chi connectivity index (χ1n) is 13.8. The molecule has 1 saturated heterocycles. The summed E-state index contributed by atoms with van der Waals surface area (Å²) in [5.41, 5.74) is 4.39. The lowest BCUT2D eigenvalue weighted by Crippen LogP contribution is -2.34. The summed E-state index contributed by atoms with van der Waals surface area (Å²) in [6, 6.07) is 16.5. The number of piperidine rings is 1. The van der Waals surface area contributed by atoms with E-state index in [1.165, 1.54) is 0 Å². The summed E-state index contributed by atoms with van der Waals surface area (Å²) in [5, 5.41) is 21.3. The first-order valence-corrected chi connectivity index (χ1v) is 13.8. The zero-order valence-electron chi connectivity index (χ0n) is 23.6. The molecule has 1 aromatic heterocycles. The van der Waals surface area contributed by atoms with Crippen LogP contribution in [0.2, 0.25) is 0 Å². The van der Waals surface area contributed by atoms with E-state index in [-0.39, 0.29) is 35.6 Å². The molecule has 216 valence electrons. The van der Waals surface area contributed by atoms with Crippen molar-refractivity contribution in [1.82, 2.24) is 15.3 Å². The third kappa shape index (κ3) is 7.81. The number of nitrogens with zero attached hydrogens (tertiary/aromatic N) is 3. The molecule has 0 spiro atoms. The summed E-state index contributed by atoms with van der Waals surface area (Å²) in [6.07, 6.45) is 2.42. The van der Waals surface area contributed by atoms with Crippen LogP contribution in [0.1, 0.15) is 54.3 Å². The average molecular weight is 561 g/mol. The van der Waals surface area contributed by atoms with Gasteiger partial charge in [-0.05, 0) is 54.5 Å². The van der Waals surface area contributed by atoms with E-state index in [0.717, 1.165) is 48.3 Å². The van der Waals surface area contributed by atoms with Gasteiger partial charge in [0, 0.05) is 25.2 Å². The number of carboxylic acid groups (broad SMARTS) is 1. The van der Waals surface area contributed by atoms with Gasteiger partial charge < -0.3 is 25.2 Å². The van der Waals surface area contributed by atoms with Crippen LogP contribution in [0, 0.1) is 18.8 Å². The highest BCUT2D eigenvalue weighted by Gasteiger charge is 2.23. The van der Waals surface area contributed by atoms with E-state index in [4.69, 9.17) is 9.84 Å². The first-order chi connectivity index (χ1) is 19.6. The molecule has 0 atom stereocenters. The fraction of sp³-hybridized carbons (Fsp3) is 0.387. The van der Waals surface area contributed by atoms with Crippen LogP contribution in [0.4, 0.5) is 5.69 Å². The number of aryl methyl sites for hydroxylation is 1. The summed E-state index contributed by atoms with van der Waals surface area (Å²) in [4.78, 5) is 45.7. The third-order valence-corrected chi connectivity index (χ3v) is 7.18. The summed E-state index contributed by atoms with van der Waals surface area (Å²) in [6.45, 7) is 6.69. The Balaban J connectivity index is 1.31. The average Bonchev–Trinajstić information content (AvgIpc) is 2.97. The van der Waals surface area contributed by atoms with Crippen LogP contribution in [-0.4, -0.2) is 57.7 Å². The molecule has 1 fully saturated rings. The molecule has 0 unspecified atom stereocenters. The summed E-state index contributed by atoms with van der Waals surface area (Å²) >= 11 is 0. The topological polar surface area (TPSA) is 142 Å². The smallest absolute Gasteiger partial charge is 0.322 e. The zero-order valence-corrected chi connectivity index (χ0v) is 23.6. The Bertz CT molecular complexity index is 1380. The van der Waals surface area contributed by atoms with Gasteiger partial charge in [0.25, 0.3) is 5.91 Å². The number of benzene rings is 2. The van der Waals surface area contributed by atoms with Gasteiger partial charge in [-0.3, -0.25) is 14.4 Å². The zero-order chi connectivity index (χ0) is 29.5. The molecule has 0 saturated carbocycles. The van der Waals surface area contributed by atoms with Crippen molar-refractivity contribution in [2.24, 2.45) is 11.8 Å². The number of aromatic hydroxyl groups is 1. The molecular formula is C31H36N4O6. The van der Waals surface area contributed by atoms with Crippen LogP contribution in [-0.2, 0) is 27.4 Å². The number of hydrogen-bond donors (Lipinski definition) is 3. The van der Waals surface area contributed by atoms with Crippen molar-refractivity contribution in [3.8, 4) is 16.9 Å². The van der Waals surface area contributed by atoms with Crippen LogP contribution >= 0.6 is 0 Å². The number of carboxylic acids is 1. The van der Waals surface area contributed by atoms with Gasteiger partial charge in [-0.25, -0.2) is 9.97 Å². The summed E-state index contributed by atoms with van der Waals surface area (Å²) in [7, 11) is 0. The van der Waals surface area contributed by atoms with E-state index in [9.17, 15) is 19.5 Å². The predicted molar refractivity (Wildman–Crippen MR) is 154 cm³/mol. The molecule has 10 nitrogen and oxygen atoms in total.